The molecule has 0 aliphatic rings. The Morgan fingerprint density at radius 2 is 1.25 bits per heavy atom. The highest BCUT2D eigenvalue weighted by Crippen LogP contribution is 2.30. The lowest BCUT2D eigenvalue weighted by atomic mass is 9.85. The average molecular weight is 498 g/mol. The summed E-state index contributed by atoms with van der Waals surface area (Å²) in [5.41, 5.74) is 3.83. The zero-order valence-corrected chi connectivity index (χ0v) is 20.2. The zero-order chi connectivity index (χ0) is 25.5. The van der Waals surface area contributed by atoms with Gasteiger partial charge < -0.3 is 10.4 Å². The second kappa shape index (κ2) is 11.0. The predicted octanol–water partition coefficient (Wildman–Crippen LogP) is 5.37. The molecule has 0 bridgehead atoms. The minimum Gasteiger partial charge on any atom is -0.372 e. The monoisotopic (exact) mass is 497 g/mol. The Kier molecular flexibility index (Phi) is 7.59. The normalized spacial score (nSPS) is 11.6. The average Bonchev–Trinajstić information content (AvgIpc) is 2.92. The van der Waals surface area contributed by atoms with E-state index in [9.17, 15) is 14.7 Å². The maximum absolute atomic E-state index is 13.2. The van der Waals surface area contributed by atoms with E-state index in [1.165, 1.54) is 0 Å². The van der Waals surface area contributed by atoms with Crippen LogP contribution in [-0.4, -0.2) is 22.6 Å². The standard InChI is InChI=1S/C29H24ClN3O3/c1-20(21-14-18-26(19-15-21)31-27(34)22-12-16-25(30)17-13-22)32-33-28(35)29(36,23-8-4-2-5-9-23)24-10-6-3-7-11-24/h2-19,36H,1H3,(H,31,34)(H,33,35)/b32-20-. The molecule has 36 heavy (non-hydrogen) atoms. The summed E-state index contributed by atoms with van der Waals surface area (Å²) in [4.78, 5) is 25.6. The number of amides is 2. The van der Waals surface area contributed by atoms with Crippen molar-refractivity contribution in [1.29, 1.82) is 0 Å². The summed E-state index contributed by atoms with van der Waals surface area (Å²) in [6.45, 7) is 1.74. The molecule has 180 valence electrons. The van der Waals surface area contributed by atoms with Crippen LogP contribution in [0.2, 0.25) is 5.02 Å². The van der Waals surface area contributed by atoms with Gasteiger partial charge in [-0.1, -0.05) is 84.4 Å². The van der Waals surface area contributed by atoms with Crippen molar-refractivity contribution >= 4 is 34.8 Å². The van der Waals surface area contributed by atoms with E-state index in [0.717, 1.165) is 5.56 Å². The summed E-state index contributed by atoms with van der Waals surface area (Å²) in [6.07, 6.45) is 0. The van der Waals surface area contributed by atoms with Gasteiger partial charge in [0.15, 0.2) is 5.60 Å². The van der Waals surface area contributed by atoms with Gasteiger partial charge >= 0.3 is 0 Å². The summed E-state index contributed by atoms with van der Waals surface area (Å²) >= 11 is 5.87. The fourth-order valence-electron chi connectivity index (χ4n) is 3.67. The van der Waals surface area contributed by atoms with Gasteiger partial charge in [0.1, 0.15) is 0 Å². The number of benzene rings is 4. The third-order valence-electron chi connectivity index (χ3n) is 5.70. The number of aliphatic hydroxyl groups is 1. The molecule has 0 saturated carbocycles. The first-order valence-electron chi connectivity index (χ1n) is 11.2. The minimum absolute atomic E-state index is 0.252. The van der Waals surface area contributed by atoms with Crippen molar-refractivity contribution in [2.45, 2.75) is 12.5 Å². The van der Waals surface area contributed by atoms with Crippen molar-refractivity contribution in [2.24, 2.45) is 5.10 Å². The molecule has 3 N–H and O–H groups in total. The number of anilines is 1. The molecule has 0 aliphatic heterocycles. The Morgan fingerprint density at radius 1 is 0.750 bits per heavy atom. The van der Waals surface area contributed by atoms with Crippen LogP contribution in [0.5, 0.6) is 0 Å². The highest BCUT2D eigenvalue weighted by Gasteiger charge is 2.39. The Labute approximate surface area is 214 Å². The van der Waals surface area contributed by atoms with E-state index in [2.05, 4.69) is 15.8 Å². The van der Waals surface area contributed by atoms with Gasteiger partial charge in [0, 0.05) is 16.3 Å². The fraction of sp³-hybridized carbons (Fsp3) is 0.0690. The summed E-state index contributed by atoms with van der Waals surface area (Å²) in [6, 6.07) is 31.1. The number of nitrogens with one attached hydrogen (secondary N) is 2. The van der Waals surface area contributed by atoms with E-state index < -0.39 is 11.5 Å². The smallest absolute Gasteiger partial charge is 0.281 e. The highest BCUT2D eigenvalue weighted by molar-refractivity contribution is 6.30. The maximum Gasteiger partial charge on any atom is 0.281 e. The summed E-state index contributed by atoms with van der Waals surface area (Å²) in [7, 11) is 0. The Hall–Kier alpha value is -4.26. The van der Waals surface area contributed by atoms with Gasteiger partial charge in [-0.3, -0.25) is 9.59 Å². The molecule has 0 saturated heterocycles. The number of carbonyl (C=O) groups is 2. The molecule has 7 heteroatoms. The molecular formula is C29H24ClN3O3. The molecule has 0 radical (unpaired) electrons. The molecule has 4 rings (SSSR count). The van der Waals surface area contributed by atoms with E-state index in [-0.39, 0.29) is 5.91 Å². The Bertz CT molecular complexity index is 1330. The first-order valence-corrected chi connectivity index (χ1v) is 11.6. The van der Waals surface area contributed by atoms with Gasteiger partial charge in [0.2, 0.25) is 0 Å². The lowest BCUT2D eigenvalue weighted by Gasteiger charge is -2.27. The fourth-order valence-corrected chi connectivity index (χ4v) is 3.79. The molecular weight excluding hydrogens is 474 g/mol. The van der Waals surface area contributed by atoms with Gasteiger partial charge in [-0.2, -0.15) is 5.10 Å². The second-order valence-electron chi connectivity index (χ2n) is 8.12. The van der Waals surface area contributed by atoms with Crippen LogP contribution in [0.25, 0.3) is 0 Å². The predicted molar refractivity (Wildman–Crippen MR) is 142 cm³/mol. The Morgan fingerprint density at radius 3 is 1.78 bits per heavy atom. The number of hydrogen-bond donors (Lipinski definition) is 3. The number of hydrogen-bond acceptors (Lipinski definition) is 4. The van der Waals surface area contributed by atoms with Crippen molar-refractivity contribution in [3.63, 3.8) is 0 Å². The van der Waals surface area contributed by atoms with Gasteiger partial charge in [0.05, 0.1) is 5.71 Å². The molecule has 0 heterocycles. The quantitative estimate of drug-likeness (QED) is 0.237. The first kappa shape index (κ1) is 24.9. The van der Waals surface area contributed by atoms with Gasteiger partial charge in [-0.05, 0) is 60.0 Å². The van der Waals surface area contributed by atoms with Crippen LogP contribution in [-0.2, 0) is 10.4 Å². The lowest BCUT2D eigenvalue weighted by molar-refractivity contribution is -0.136. The molecule has 4 aromatic rings. The topological polar surface area (TPSA) is 90.8 Å². The van der Waals surface area contributed by atoms with Gasteiger partial charge in [-0.15, -0.1) is 0 Å². The molecule has 2 amide bonds. The number of hydrazone groups is 1. The van der Waals surface area contributed by atoms with Gasteiger partial charge in [-0.25, -0.2) is 5.43 Å². The van der Waals surface area contributed by atoms with E-state index >= 15 is 0 Å². The molecule has 0 aliphatic carbocycles. The van der Waals surface area contributed by atoms with E-state index in [1.54, 1.807) is 104 Å². The third-order valence-corrected chi connectivity index (χ3v) is 5.96. The summed E-state index contributed by atoms with van der Waals surface area (Å²) in [5, 5.41) is 19.1. The highest BCUT2D eigenvalue weighted by atomic mass is 35.5. The van der Waals surface area contributed by atoms with Crippen molar-refractivity contribution in [3.8, 4) is 0 Å². The van der Waals surface area contributed by atoms with Crippen molar-refractivity contribution in [2.75, 3.05) is 5.32 Å². The van der Waals surface area contributed by atoms with E-state index in [0.29, 0.717) is 33.1 Å². The third kappa shape index (κ3) is 5.51. The lowest BCUT2D eigenvalue weighted by Crippen LogP contribution is -2.43. The second-order valence-corrected chi connectivity index (χ2v) is 8.56. The van der Waals surface area contributed by atoms with Crippen LogP contribution in [0.4, 0.5) is 5.69 Å². The molecule has 0 unspecified atom stereocenters. The molecule has 0 spiro atoms. The number of halogens is 1. The van der Waals surface area contributed by atoms with Gasteiger partial charge in [0.25, 0.3) is 11.8 Å². The molecule has 0 atom stereocenters. The van der Waals surface area contributed by atoms with Crippen LogP contribution in [0, 0.1) is 0 Å². The number of carbonyl (C=O) groups excluding carboxylic acids is 2. The van der Waals surface area contributed by atoms with Crippen LogP contribution >= 0.6 is 11.6 Å². The minimum atomic E-state index is -1.91. The SMILES string of the molecule is C/C(=N/NC(=O)C(O)(c1ccccc1)c1ccccc1)c1ccc(NC(=O)c2ccc(Cl)cc2)cc1. The Balaban J connectivity index is 1.48. The van der Waals surface area contributed by atoms with Crippen molar-refractivity contribution < 1.29 is 14.7 Å². The van der Waals surface area contributed by atoms with Crippen LogP contribution in [0.3, 0.4) is 0 Å². The van der Waals surface area contributed by atoms with Crippen LogP contribution < -0.4 is 10.7 Å². The summed E-state index contributed by atoms with van der Waals surface area (Å²) < 4.78 is 0. The maximum atomic E-state index is 13.2. The summed E-state index contributed by atoms with van der Waals surface area (Å²) in [5.74, 6) is -0.927. The molecule has 0 aromatic heterocycles. The molecule has 0 fully saturated rings. The first-order chi connectivity index (χ1) is 17.4. The van der Waals surface area contributed by atoms with E-state index in [4.69, 9.17) is 11.6 Å². The van der Waals surface area contributed by atoms with Crippen molar-refractivity contribution in [3.05, 3.63) is 136 Å². The largest absolute Gasteiger partial charge is 0.372 e. The molecule has 4 aromatic carbocycles. The van der Waals surface area contributed by atoms with Crippen molar-refractivity contribution in [1.82, 2.24) is 5.43 Å². The van der Waals surface area contributed by atoms with Crippen LogP contribution in [0.15, 0.2) is 114 Å². The molecule has 6 nitrogen and oxygen atoms in total. The number of rotatable bonds is 7. The zero-order valence-electron chi connectivity index (χ0n) is 19.5. The van der Waals surface area contributed by atoms with Crippen LogP contribution in [0.1, 0.15) is 34.0 Å². The van der Waals surface area contributed by atoms with E-state index in [1.807, 2.05) is 12.1 Å². The number of nitrogens with zero attached hydrogens (tertiary/aromatic N) is 1.